The molecule has 1 aliphatic carbocycles. The van der Waals surface area contributed by atoms with E-state index in [1.165, 1.54) is 0 Å². The summed E-state index contributed by atoms with van der Waals surface area (Å²) >= 11 is 5.36. The largest absolute Gasteiger partial charge is 0.268 e. The zero-order valence-corrected chi connectivity index (χ0v) is 6.83. The quantitative estimate of drug-likeness (QED) is 0.281. The summed E-state index contributed by atoms with van der Waals surface area (Å²) in [7, 11) is 0. The van der Waals surface area contributed by atoms with Gasteiger partial charge in [0.1, 0.15) is 0 Å². The first-order valence-electron chi connectivity index (χ1n) is 3.24. The molecule has 72 valence electrons. The van der Waals surface area contributed by atoms with Crippen LogP contribution in [-0.2, 0) is 0 Å². The van der Waals surface area contributed by atoms with E-state index in [1.807, 2.05) is 0 Å². The van der Waals surface area contributed by atoms with Crippen molar-refractivity contribution in [2.45, 2.75) is 23.5 Å². The van der Waals surface area contributed by atoms with Gasteiger partial charge >= 0.3 is 0 Å². The van der Waals surface area contributed by atoms with Crippen molar-refractivity contribution in [1.82, 2.24) is 0 Å². The number of hydrogen-bond donors (Lipinski definition) is 0. The molecule has 0 aromatic carbocycles. The lowest BCUT2D eigenvalue weighted by Gasteiger charge is -2.31. The number of halogens is 1. The van der Waals surface area contributed by atoms with Crippen LogP contribution in [0.15, 0.2) is 5.18 Å². The van der Waals surface area contributed by atoms with Crippen LogP contribution in [0.2, 0.25) is 0 Å². The summed E-state index contributed by atoms with van der Waals surface area (Å²) in [5, 5.41) is 21.5. The van der Waals surface area contributed by atoms with Crippen molar-refractivity contribution in [2.24, 2.45) is 5.18 Å². The molecule has 1 saturated carbocycles. The van der Waals surface area contributed by atoms with E-state index in [2.05, 4.69) is 5.18 Å². The van der Waals surface area contributed by atoms with E-state index in [-0.39, 0.29) is 0 Å². The van der Waals surface area contributed by atoms with Gasteiger partial charge in [0.2, 0.25) is 6.04 Å². The van der Waals surface area contributed by atoms with Crippen LogP contribution in [0, 0.1) is 25.1 Å². The minimum atomic E-state index is -1.45. The highest BCUT2D eigenvalue weighted by Crippen LogP contribution is 2.33. The van der Waals surface area contributed by atoms with Gasteiger partial charge in [0.05, 0.1) is 0 Å². The number of nitro groups is 2. The molecule has 1 fully saturated rings. The van der Waals surface area contributed by atoms with Crippen molar-refractivity contribution in [1.29, 1.82) is 0 Å². The number of hydrogen-bond acceptors (Lipinski definition) is 6. The van der Waals surface area contributed by atoms with Crippen LogP contribution in [0.1, 0.15) is 0 Å². The molecule has 0 aromatic rings. The van der Waals surface area contributed by atoms with Crippen molar-refractivity contribution in [3.63, 3.8) is 0 Å². The smallest absolute Gasteiger partial charge is 0.264 e. The van der Waals surface area contributed by atoms with Crippen molar-refractivity contribution >= 4 is 11.6 Å². The van der Waals surface area contributed by atoms with Crippen molar-refractivity contribution in [3.8, 4) is 0 Å². The predicted molar refractivity (Wildman–Crippen MR) is 40.8 cm³/mol. The van der Waals surface area contributed by atoms with Crippen LogP contribution in [0.4, 0.5) is 0 Å². The van der Waals surface area contributed by atoms with Crippen LogP contribution in [0.5, 0.6) is 0 Å². The molecule has 0 radical (unpaired) electrons. The number of nitrogens with zero attached hydrogens (tertiary/aromatic N) is 3. The summed E-state index contributed by atoms with van der Waals surface area (Å²) in [5.74, 6) is 0. The fraction of sp³-hybridized carbons (Fsp3) is 1.00. The molecule has 1 rings (SSSR count). The Morgan fingerprint density at radius 1 is 1.15 bits per heavy atom. The van der Waals surface area contributed by atoms with E-state index in [1.54, 1.807) is 0 Å². The Bertz CT molecular complexity index is 249. The lowest BCUT2D eigenvalue weighted by molar-refractivity contribution is -0.606. The summed E-state index contributed by atoms with van der Waals surface area (Å²) < 4.78 is 0. The minimum absolute atomic E-state index is 0.816. The number of nitroso groups, excluding NO2 is 1. The van der Waals surface area contributed by atoms with Gasteiger partial charge in [-0.2, -0.15) is 0 Å². The van der Waals surface area contributed by atoms with E-state index in [0.717, 1.165) is 0 Å². The zero-order chi connectivity index (χ0) is 10.2. The van der Waals surface area contributed by atoms with Crippen LogP contribution in [0.25, 0.3) is 0 Å². The Hall–Kier alpha value is -1.31. The first kappa shape index (κ1) is 9.78. The van der Waals surface area contributed by atoms with E-state index in [9.17, 15) is 25.1 Å². The van der Waals surface area contributed by atoms with Crippen molar-refractivity contribution in [3.05, 3.63) is 25.1 Å². The average Bonchev–Trinajstić information content (AvgIpc) is 1.97. The Morgan fingerprint density at radius 2 is 1.54 bits per heavy atom. The van der Waals surface area contributed by atoms with Crippen molar-refractivity contribution < 1.29 is 9.85 Å². The van der Waals surface area contributed by atoms with Gasteiger partial charge in [-0.05, 0) is 0 Å². The van der Waals surface area contributed by atoms with Gasteiger partial charge in [-0.3, -0.25) is 20.2 Å². The van der Waals surface area contributed by atoms with Gasteiger partial charge in [-0.15, -0.1) is 16.5 Å². The topological polar surface area (TPSA) is 116 Å². The molecule has 8 nitrogen and oxygen atoms in total. The van der Waals surface area contributed by atoms with Gasteiger partial charge in [-0.25, -0.2) is 0 Å². The van der Waals surface area contributed by atoms with Crippen LogP contribution >= 0.6 is 11.6 Å². The van der Waals surface area contributed by atoms with Gasteiger partial charge in [-0.1, -0.05) is 5.18 Å². The highest BCUT2D eigenvalue weighted by atomic mass is 35.5. The fourth-order valence-corrected chi connectivity index (χ4v) is 1.72. The Kier molecular flexibility index (Phi) is 2.41. The van der Waals surface area contributed by atoms with E-state index in [0.29, 0.717) is 0 Å². The molecular weight excluding hydrogens is 206 g/mol. The molecule has 9 heteroatoms. The molecule has 0 aromatic heterocycles. The summed E-state index contributed by atoms with van der Waals surface area (Å²) in [4.78, 5) is 28.9. The van der Waals surface area contributed by atoms with E-state index >= 15 is 0 Å². The maximum absolute atomic E-state index is 10.2. The molecule has 0 bridgehead atoms. The molecule has 0 amide bonds. The van der Waals surface area contributed by atoms with Gasteiger partial charge in [0, 0.05) is 9.85 Å². The van der Waals surface area contributed by atoms with E-state index in [4.69, 9.17) is 11.6 Å². The molecule has 0 aliphatic heterocycles. The molecule has 2 unspecified atom stereocenters. The lowest BCUT2D eigenvalue weighted by atomic mass is 9.81. The first-order valence-corrected chi connectivity index (χ1v) is 3.68. The molecular formula is C4H4ClN3O5. The second-order valence-electron chi connectivity index (χ2n) is 2.59. The van der Waals surface area contributed by atoms with Crippen LogP contribution < -0.4 is 0 Å². The van der Waals surface area contributed by atoms with Crippen LogP contribution in [0.3, 0.4) is 0 Å². The SMILES string of the molecule is O=NC1C([N+](=O)[O-])C(Cl)C1[N+](=O)[O-]. The fourth-order valence-electron chi connectivity index (χ4n) is 1.24. The highest BCUT2D eigenvalue weighted by Gasteiger charge is 2.67. The molecule has 0 spiro atoms. The summed E-state index contributed by atoms with van der Waals surface area (Å²) in [6.07, 6.45) is 0. The molecule has 0 heterocycles. The standard InChI is InChI=1S/C4H4ClN3O5/c5-1-3(7(10)11)2(6-9)4(1)8(12)13/h1-4H. The lowest BCUT2D eigenvalue weighted by Crippen LogP contribution is -2.66. The Morgan fingerprint density at radius 3 is 1.77 bits per heavy atom. The zero-order valence-electron chi connectivity index (χ0n) is 6.07. The third-order valence-corrected chi connectivity index (χ3v) is 2.48. The van der Waals surface area contributed by atoms with Crippen LogP contribution in [-0.4, -0.2) is 33.3 Å². The minimum Gasteiger partial charge on any atom is -0.264 e. The third kappa shape index (κ3) is 1.32. The van der Waals surface area contributed by atoms with Gasteiger partial charge in [0.25, 0.3) is 12.1 Å². The molecule has 13 heavy (non-hydrogen) atoms. The second kappa shape index (κ2) is 3.21. The first-order chi connectivity index (χ1) is 6.00. The maximum atomic E-state index is 10.2. The summed E-state index contributed by atoms with van der Waals surface area (Å²) in [6.45, 7) is 0. The predicted octanol–water partition coefficient (Wildman–Crippen LogP) is 0.0330. The Balaban J connectivity index is 2.80. The molecule has 1 aliphatic rings. The summed E-state index contributed by atoms with van der Waals surface area (Å²) in [5.41, 5.74) is 0. The van der Waals surface area contributed by atoms with Gasteiger partial charge in [0.15, 0.2) is 5.38 Å². The molecule has 0 N–H and O–H groups in total. The number of alkyl halides is 1. The molecule has 0 saturated heterocycles. The van der Waals surface area contributed by atoms with E-state index < -0.39 is 33.3 Å². The van der Waals surface area contributed by atoms with Crippen molar-refractivity contribution in [2.75, 3.05) is 0 Å². The highest BCUT2D eigenvalue weighted by molar-refractivity contribution is 6.22. The second-order valence-corrected chi connectivity index (χ2v) is 3.10. The maximum Gasteiger partial charge on any atom is 0.268 e. The summed E-state index contributed by atoms with van der Waals surface area (Å²) in [6, 6.07) is -4.32. The average molecular weight is 210 g/mol. The number of rotatable bonds is 3. The monoisotopic (exact) mass is 209 g/mol. The normalized spacial score (nSPS) is 37.6. The van der Waals surface area contributed by atoms with Gasteiger partial charge < -0.3 is 0 Å². The third-order valence-electron chi connectivity index (χ3n) is 1.96. The molecule has 2 atom stereocenters. The Labute approximate surface area is 76.1 Å².